The van der Waals surface area contributed by atoms with Gasteiger partial charge in [-0.1, -0.05) is 6.07 Å². The van der Waals surface area contributed by atoms with Gasteiger partial charge >= 0.3 is 0 Å². The Morgan fingerprint density at radius 3 is 2.82 bits per heavy atom. The highest BCUT2D eigenvalue weighted by Crippen LogP contribution is 2.29. The van der Waals surface area contributed by atoms with Gasteiger partial charge in [-0.15, -0.1) is 11.3 Å². The van der Waals surface area contributed by atoms with Crippen molar-refractivity contribution in [3.05, 3.63) is 34.7 Å². The van der Waals surface area contributed by atoms with Crippen molar-refractivity contribution in [2.75, 3.05) is 19.6 Å². The average molecular weight is 311 g/mol. The first-order chi connectivity index (χ1) is 10.7. The van der Waals surface area contributed by atoms with E-state index in [2.05, 4.69) is 16.3 Å². The molecular formula is C17H17N3OS. The van der Waals surface area contributed by atoms with Crippen LogP contribution in [0.15, 0.2) is 24.3 Å². The third kappa shape index (κ3) is 2.39. The zero-order chi connectivity index (χ0) is 15.1. The number of carbonyl (C=O) groups excluding carboxylic acids is 1. The quantitative estimate of drug-likeness (QED) is 0.927. The van der Waals surface area contributed by atoms with Crippen molar-refractivity contribution in [2.24, 2.45) is 5.92 Å². The van der Waals surface area contributed by atoms with Crippen molar-refractivity contribution in [1.29, 1.82) is 5.26 Å². The molecule has 3 saturated heterocycles. The maximum Gasteiger partial charge on any atom is 0.261 e. The minimum absolute atomic E-state index is 0.0263. The van der Waals surface area contributed by atoms with Gasteiger partial charge in [0.15, 0.2) is 0 Å². The number of benzene rings is 1. The summed E-state index contributed by atoms with van der Waals surface area (Å²) in [5.74, 6) is 0.659. The summed E-state index contributed by atoms with van der Waals surface area (Å²) in [5, 5.41) is 13.2. The molecule has 22 heavy (non-hydrogen) atoms. The summed E-state index contributed by atoms with van der Waals surface area (Å²) in [6.07, 6.45) is 2.39. The molecule has 4 nitrogen and oxygen atoms in total. The molecule has 0 unspecified atom stereocenters. The number of carbonyl (C=O) groups is 1. The first kappa shape index (κ1) is 13.7. The van der Waals surface area contributed by atoms with E-state index in [1.807, 2.05) is 18.2 Å². The predicted octanol–water partition coefficient (Wildman–Crippen LogP) is 2.60. The largest absolute Gasteiger partial charge is 0.347 e. The second kappa shape index (κ2) is 5.38. The van der Waals surface area contributed by atoms with Gasteiger partial charge in [-0.2, -0.15) is 5.26 Å². The van der Waals surface area contributed by atoms with Crippen LogP contribution in [0.5, 0.6) is 0 Å². The number of nitrogens with zero attached hydrogens (tertiary/aromatic N) is 2. The standard InChI is InChI=1S/C17H17N3OS/c18-9-11-1-2-13-8-16(22-15(13)7-11)17(21)19-14-10-20-5-3-12(14)4-6-20/h1-2,7-8,12,14H,3-6,10H2,(H,19,21)/t14-/m1/s1. The van der Waals surface area contributed by atoms with Crippen LogP contribution < -0.4 is 5.32 Å². The van der Waals surface area contributed by atoms with Gasteiger partial charge in [0.25, 0.3) is 5.91 Å². The van der Waals surface area contributed by atoms with Crippen LogP contribution >= 0.6 is 11.3 Å². The van der Waals surface area contributed by atoms with Gasteiger partial charge in [0.05, 0.1) is 16.5 Å². The number of amides is 1. The summed E-state index contributed by atoms with van der Waals surface area (Å²) >= 11 is 1.47. The molecule has 0 aliphatic carbocycles. The lowest BCUT2D eigenvalue weighted by Crippen LogP contribution is -2.57. The Bertz CT molecular complexity index is 768. The Balaban J connectivity index is 1.54. The predicted molar refractivity (Wildman–Crippen MR) is 87.0 cm³/mol. The highest BCUT2D eigenvalue weighted by atomic mass is 32.1. The SMILES string of the molecule is N#Cc1ccc2cc(C(=O)N[C@@H]3CN4CCC3CC4)sc2c1. The molecule has 3 aliphatic rings. The number of rotatable bonds is 2. The molecule has 5 heteroatoms. The molecule has 3 fully saturated rings. The Hall–Kier alpha value is -1.90. The molecule has 4 heterocycles. The van der Waals surface area contributed by atoms with E-state index in [0.29, 0.717) is 11.5 Å². The van der Waals surface area contributed by atoms with Crippen molar-refractivity contribution in [3.63, 3.8) is 0 Å². The fraction of sp³-hybridized carbons (Fsp3) is 0.412. The molecule has 5 rings (SSSR count). The molecule has 3 aliphatic heterocycles. The molecule has 1 N–H and O–H groups in total. The second-order valence-corrected chi connectivity index (χ2v) is 7.28. The third-order valence-corrected chi connectivity index (χ3v) is 5.94. The molecule has 0 saturated carbocycles. The number of thiophene rings is 1. The highest BCUT2D eigenvalue weighted by Gasteiger charge is 2.35. The van der Waals surface area contributed by atoms with E-state index < -0.39 is 0 Å². The molecule has 0 spiro atoms. The summed E-state index contributed by atoms with van der Waals surface area (Å²) < 4.78 is 0.998. The summed E-state index contributed by atoms with van der Waals surface area (Å²) in [4.78, 5) is 15.7. The monoisotopic (exact) mass is 311 g/mol. The van der Waals surface area contributed by atoms with Crippen LogP contribution in [0.3, 0.4) is 0 Å². The number of nitriles is 1. The van der Waals surface area contributed by atoms with Crippen LogP contribution in [0.4, 0.5) is 0 Å². The summed E-state index contributed by atoms with van der Waals surface area (Å²) in [6, 6.07) is 9.92. The second-order valence-electron chi connectivity index (χ2n) is 6.19. The fourth-order valence-electron chi connectivity index (χ4n) is 3.58. The topological polar surface area (TPSA) is 56.1 Å². The Morgan fingerprint density at radius 1 is 1.32 bits per heavy atom. The van der Waals surface area contributed by atoms with E-state index in [4.69, 9.17) is 5.26 Å². The van der Waals surface area contributed by atoms with Crippen LogP contribution in [-0.4, -0.2) is 36.5 Å². The summed E-state index contributed by atoms with van der Waals surface area (Å²) in [5.41, 5.74) is 0.638. The number of fused-ring (bicyclic) bond motifs is 4. The van der Waals surface area contributed by atoms with E-state index in [1.54, 1.807) is 6.07 Å². The number of hydrogen-bond donors (Lipinski definition) is 1. The van der Waals surface area contributed by atoms with Gasteiger partial charge < -0.3 is 10.2 Å². The van der Waals surface area contributed by atoms with Gasteiger partial charge in [0.2, 0.25) is 0 Å². The van der Waals surface area contributed by atoms with Crippen LogP contribution in [0.25, 0.3) is 10.1 Å². The fourth-order valence-corrected chi connectivity index (χ4v) is 4.59. The van der Waals surface area contributed by atoms with E-state index in [9.17, 15) is 4.79 Å². The van der Waals surface area contributed by atoms with Crippen LogP contribution in [0.1, 0.15) is 28.1 Å². The van der Waals surface area contributed by atoms with Gasteiger partial charge in [-0.05, 0) is 55.4 Å². The Labute approximate surface area is 133 Å². The molecule has 112 valence electrons. The van der Waals surface area contributed by atoms with Crippen molar-refractivity contribution in [1.82, 2.24) is 10.2 Å². The average Bonchev–Trinajstić information content (AvgIpc) is 2.99. The van der Waals surface area contributed by atoms with Crippen LogP contribution in [0.2, 0.25) is 0 Å². The van der Waals surface area contributed by atoms with Gasteiger partial charge in [-0.25, -0.2) is 0 Å². The lowest BCUT2D eigenvalue weighted by Gasteiger charge is -2.44. The summed E-state index contributed by atoms with van der Waals surface area (Å²) in [7, 11) is 0. The van der Waals surface area contributed by atoms with E-state index in [0.717, 1.165) is 21.5 Å². The number of piperidine rings is 3. The minimum atomic E-state index is 0.0263. The Morgan fingerprint density at radius 2 is 2.14 bits per heavy atom. The van der Waals surface area contributed by atoms with Crippen LogP contribution in [-0.2, 0) is 0 Å². The molecular weight excluding hydrogens is 294 g/mol. The molecule has 2 bridgehead atoms. The molecule has 1 amide bonds. The number of nitrogens with one attached hydrogen (secondary N) is 1. The van der Waals surface area contributed by atoms with Gasteiger partial charge in [0.1, 0.15) is 0 Å². The first-order valence-corrected chi connectivity index (χ1v) is 8.51. The van der Waals surface area contributed by atoms with Crippen LogP contribution in [0, 0.1) is 17.2 Å². The van der Waals surface area contributed by atoms with E-state index in [1.165, 1.54) is 37.3 Å². The lowest BCUT2D eigenvalue weighted by molar-refractivity contribution is 0.0622. The normalized spacial score (nSPS) is 26.8. The highest BCUT2D eigenvalue weighted by molar-refractivity contribution is 7.20. The van der Waals surface area contributed by atoms with Gasteiger partial charge in [-0.3, -0.25) is 4.79 Å². The molecule has 1 aromatic heterocycles. The van der Waals surface area contributed by atoms with Crippen molar-refractivity contribution in [2.45, 2.75) is 18.9 Å². The van der Waals surface area contributed by atoms with Crippen molar-refractivity contribution >= 4 is 27.3 Å². The number of hydrogen-bond acceptors (Lipinski definition) is 4. The lowest BCUT2D eigenvalue weighted by atomic mass is 9.84. The zero-order valence-corrected chi connectivity index (χ0v) is 13.0. The third-order valence-electron chi connectivity index (χ3n) is 4.85. The first-order valence-electron chi connectivity index (χ1n) is 7.70. The smallest absolute Gasteiger partial charge is 0.261 e. The maximum absolute atomic E-state index is 12.5. The molecule has 2 aromatic rings. The van der Waals surface area contributed by atoms with E-state index >= 15 is 0 Å². The Kier molecular flexibility index (Phi) is 3.36. The maximum atomic E-state index is 12.5. The minimum Gasteiger partial charge on any atom is -0.347 e. The van der Waals surface area contributed by atoms with Crippen molar-refractivity contribution in [3.8, 4) is 6.07 Å². The zero-order valence-electron chi connectivity index (χ0n) is 12.2. The van der Waals surface area contributed by atoms with E-state index in [-0.39, 0.29) is 11.9 Å². The molecule has 0 radical (unpaired) electrons. The molecule has 1 aromatic carbocycles. The molecule has 1 atom stereocenters. The van der Waals surface area contributed by atoms with Crippen molar-refractivity contribution < 1.29 is 4.79 Å². The summed E-state index contributed by atoms with van der Waals surface area (Å²) in [6.45, 7) is 3.34. The van der Waals surface area contributed by atoms with Gasteiger partial charge in [0, 0.05) is 17.3 Å².